The molecule has 11 heteroatoms. The molecule has 0 atom stereocenters. The summed E-state index contributed by atoms with van der Waals surface area (Å²) in [4.78, 5) is 16.0. The van der Waals surface area contributed by atoms with Crippen molar-refractivity contribution in [3.8, 4) is 11.5 Å². The lowest BCUT2D eigenvalue weighted by Crippen LogP contribution is -2.16. The third-order valence-electron chi connectivity index (χ3n) is 3.90. The maximum Gasteiger partial charge on any atom is 0.418 e. The van der Waals surface area contributed by atoms with Crippen LogP contribution in [0.5, 0.6) is 11.5 Å². The summed E-state index contributed by atoms with van der Waals surface area (Å²) in [5.74, 6) is 0.436. The SMILES string of the molecule is O=C(Nc1nc2ccc(OS(=O)(=O)c3c(Cl)cccc3Cl)cc2s1)Oc1ccccc1. The van der Waals surface area contributed by atoms with Crippen LogP contribution in [0.3, 0.4) is 0 Å². The Bertz CT molecular complexity index is 1350. The zero-order valence-electron chi connectivity index (χ0n) is 15.4. The summed E-state index contributed by atoms with van der Waals surface area (Å²) in [6.45, 7) is 0. The van der Waals surface area contributed by atoms with Gasteiger partial charge in [-0.25, -0.2) is 9.78 Å². The molecule has 0 unspecified atom stereocenters. The van der Waals surface area contributed by atoms with Crippen LogP contribution >= 0.6 is 34.5 Å². The highest BCUT2D eigenvalue weighted by Crippen LogP contribution is 2.34. The van der Waals surface area contributed by atoms with Crippen LogP contribution in [0, 0.1) is 0 Å². The first-order valence-electron chi connectivity index (χ1n) is 8.65. The van der Waals surface area contributed by atoms with Crippen LogP contribution in [-0.4, -0.2) is 19.5 Å². The molecule has 31 heavy (non-hydrogen) atoms. The van der Waals surface area contributed by atoms with Crippen molar-refractivity contribution in [2.75, 3.05) is 5.32 Å². The van der Waals surface area contributed by atoms with E-state index in [0.29, 0.717) is 16.0 Å². The summed E-state index contributed by atoms with van der Waals surface area (Å²) in [6, 6.07) is 17.4. The highest BCUT2D eigenvalue weighted by molar-refractivity contribution is 7.87. The van der Waals surface area contributed by atoms with Crippen molar-refractivity contribution in [1.29, 1.82) is 0 Å². The van der Waals surface area contributed by atoms with Crippen molar-refractivity contribution in [3.05, 3.63) is 76.8 Å². The van der Waals surface area contributed by atoms with E-state index in [9.17, 15) is 13.2 Å². The minimum Gasteiger partial charge on any atom is -0.410 e. The Hall–Kier alpha value is -2.85. The number of halogens is 2. The Kier molecular flexibility index (Phi) is 6.01. The van der Waals surface area contributed by atoms with Gasteiger partial charge in [0.05, 0.1) is 20.3 Å². The van der Waals surface area contributed by atoms with Gasteiger partial charge >= 0.3 is 16.2 Å². The fourth-order valence-electron chi connectivity index (χ4n) is 2.61. The van der Waals surface area contributed by atoms with Crippen LogP contribution < -0.4 is 14.2 Å². The molecular formula is C20H12Cl2N2O5S2. The van der Waals surface area contributed by atoms with Crippen molar-refractivity contribution in [3.63, 3.8) is 0 Å². The summed E-state index contributed by atoms with van der Waals surface area (Å²) in [5.41, 5.74) is 0.542. The Morgan fingerprint density at radius 1 is 0.935 bits per heavy atom. The van der Waals surface area contributed by atoms with Crippen molar-refractivity contribution >= 4 is 66.1 Å². The fraction of sp³-hybridized carbons (Fsp3) is 0. The summed E-state index contributed by atoms with van der Waals surface area (Å²) < 4.78 is 36.2. The molecule has 1 N–H and O–H groups in total. The molecule has 1 amide bonds. The zero-order valence-corrected chi connectivity index (χ0v) is 18.6. The van der Waals surface area contributed by atoms with E-state index in [2.05, 4.69) is 10.3 Å². The van der Waals surface area contributed by atoms with Crippen molar-refractivity contribution in [2.45, 2.75) is 4.90 Å². The second-order valence-corrected chi connectivity index (χ2v) is 9.39. The lowest BCUT2D eigenvalue weighted by Gasteiger charge is -2.09. The van der Waals surface area contributed by atoms with E-state index in [1.165, 1.54) is 30.3 Å². The van der Waals surface area contributed by atoms with Crippen LogP contribution in [0.4, 0.5) is 9.93 Å². The number of ether oxygens (including phenoxy) is 1. The van der Waals surface area contributed by atoms with E-state index in [1.807, 2.05) is 0 Å². The number of carbonyl (C=O) groups excluding carboxylic acids is 1. The highest BCUT2D eigenvalue weighted by Gasteiger charge is 2.24. The Labute approximate surface area is 191 Å². The van der Waals surface area contributed by atoms with Crippen molar-refractivity contribution < 1.29 is 22.1 Å². The van der Waals surface area contributed by atoms with Gasteiger partial charge in [-0.3, -0.25) is 5.32 Å². The van der Waals surface area contributed by atoms with Crippen LogP contribution in [0.15, 0.2) is 71.6 Å². The van der Waals surface area contributed by atoms with Gasteiger partial charge in [0.25, 0.3) is 0 Å². The molecule has 0 bridgehead atoms. The van der Waals surface area contributed by atoms with E-state index < -0.39 is 16.2 Å². The Balaban J connectivity index is 1.53. The lowest BCUT2D eigenvalue weighted by atomic mass is 10.3. The van der Waals surface area contributed by atoms with E-state index in [1.54, 1.807) is 36.4 Å². The molecule has 1 heterocycles. The Morgan fingerprint density at radius 3 is 2.35 bits per heavy atom. The maximum absolute atomic E-state index is 12.6. The molecule has 0 aliphatic heterocycles. The van der Waals surface area contributed by atoms with Gasteiger partial charge < -0.3 is 8.92 Å². The minimum absolute atomic E-state index is 0.0465. The highest BCUT2D eigenvalue weighted by atomic mass is 35.5. The lowest BCUT2D eigenvalue weighted by molar-refractivity contribution is 0.215. The summed E-state index contributed by atoms with van der Waals surface area (Å²) >= 11 is 13.1. The molecule has 158 valence electrons. The predicted octanol–water partition coefficient (Wildman–Crippen LogP) is 5.98. The van der Waals surface area contributed by atoms with Gasteiger partial charge in [0.15, 0.2) is 5.13 Å². The number of carbonyl (C=O) groups is 1. The number of aromatic nitrogens is 1. The van der Waals surface area contributed by atoms with E-state index >= 15 is 0 Å². The number of anilines is 1. The first-order valence-corrected chi connectivity index (χ1v) is 11.6. The first-order chi connectivity index (χ1) is 14.8. The number of amides is 1. The molecule has 0 fully saturated rings. The van der Waals surface area contributed by atoms with Crippen LogP contribution in [-0.2, 0) is 10.1 Å². The zero-order chi connectivity index (χ0) is 22.0. The summed E-state index contributed by atoms with van der Waals surface area (Å²) in [6.07, 6.45) is -0.697. The van der Waals surface area contributed by atoms with E-state index in [0.717, 1.165) is 11.3 Å². The Morgan fingerprint density at radius 2 is 1.65 bits per heavy atom. The van der Waals surface area contributed by atoms with Crippen molar-refractivity contribution in [2.24, 2.45) is 0 Å². The molecule has 7 nitrogen and oxygen atoms in total. The summed E-state index contributed by atoms with van der Waals surface area (Å²) in [5, 5.41) is 2.73. The van der Waals surface area contributed by atoms with Crippen LogP contribution in [0.2, 0.25) is 10.0 Å². The molecule has 1 aromatic heterocycles. The molecule has 0 aliphatic rings. The van der Waals surface area contributed by atoms with Crippen LogP contribution in [0.1, 0.15) is 0 Å². The predicted molar refractivity (Wildman–Crippen MR) is 120 cm³/mol. The van der Waals surface area contributed by atoms with Gasteiger partial charge in [-0.05, 0) is 36.4 Å². The first kappa shape index (κ1) is 21.4. The number of nitrogens with one attached hydrogen (secondary N) is 1. The molecule has 3 aromatic carbocycles. The average molecular weight is 495 g/mol. The van der Waals surface area contributed by atoms with Gasteiger partial charge in [0.1, 0.15) is 16.4 Å². The number of rotatable bonds is 5. The quantitative estimate of drug-likeness (QED) is 0.342. The number of hydrogen-bond acceptors (Lipinski definition) is 7. The van der Waals surface area contributed by atoms with Gasteiger partial charge in [-0.2, -0.15) is 8.42 Å². The standard InChI is InChI=1S/C20H12Cl2N2O5S2/c21-14-7-4-8-15(22)18(14)31(26,27)29-13-9-10-16-17(11-13)30-19(23-16)24-20(25)28-12-5-2-1-3-6-12/h1-11H,(H,23,24,25). The normalized spacial score (nSPS) is 11.3. The molecule has 4 rings (SSSR count). The third-order valence-corrected chi connectivity index (χ3v) is 7.04. The minimum atomic E-state index is -4.26. The van der Waals surface area contributed by atoms with E-state index in [4.69, 9.17) is 32.1 Å². The molecule has 4 aromatic rings. The molecule has 0 aliphatic carbocycles. The van der Waals surface area contributed by atoms with Gasteiger partial charge in [-0.1, -0.05) is 58.8 Å². The molecule has 0 saturated carbocycles. The maximum atomic E-state index is 12.6. The largest absolute Gasteiger partial charge is 0.418 e. The number of benzene rings is 3. The summed E-state index contributed by atoms with van der Waals surface area (Å²) in [7, 11) is -4.26. The number of para-hydroxylation sites is 1. The van der Waals surface area contributed by atoms with E-state index in [-0.39, 0.29) is 25.8 Å². The topological polar surface area (TPSA) is 94.6 Å². The number of nitrogens with zero attached hydrogens (tertiary/aromatic N) is 1. The molecular weight excluding hydrogens is 483 g/mol. The monoisotopic (exact) mass is 494 g/mol. The van der Waals surface area contributed by atoms with Crippen molar-refractivity contribution in [1.82, 2.24) is 4.98 Å². The molecule has 0 spiro atoms. The second kappa shape index (κ2) is 8.72. The van der Waals surface area contributed by atoms with Gasteiger partial charge in [-0.15, -0.1) is 0 Å². The molecule has 0 radical (unpaired) electrons. The van der Waals surface area contributed by atoms with Gasteiger partial charge in [0.2, 0.25) is 0 Å². The number of thiazole rings is 1. The fourth-order valence-corrected chi connectivity index (χ4v) is 5.51. The molecule has 0 saturated heterocycles. The third kappa shape index (κ3) is 4.91. The average Bonchev–Trinajstić information content (AvgIpc) is 3.09. The number of fused-ring (bicyclic) bond motifs is 1. The van der Waals surface area contributed by atoms with Crippen LogP contribution in [0.25, 0.3) is 10.2 Å². The second-order valence-electron chi connectivity index (χ2n) is 6.06. The number of hydrogen-bond donors (Lipinski definition) is 1. The smallest absolute Gasteiger partial charge is 0.410 e. The van der Waals surface area contributed by atoms with Gasteiger partial charge in [0, 0.05) is 6.07 Å².